The molecule has 1 atom stereocenters. The summed E-state index contributed by atoms with van der Waals surface area (Å²) in [6.07, 6.45) is 4.29. The molecule has 0 aliphatic carbocycles. The molecule has 0 fully saturated rings. The van der Waals surface area contributed by atoms with Crippen LogP contribution in [0.2, 0.25) is 0 Å². The van der Waals surface area contributed by atoms with Crippen molar-refractivity contribution < 1.29 is 4.79 Å². The van der Waals surface area contributed by atoms with E-state index in [1.807, 2.05) is 31.2 Å². The number of aryl methyl sites for hydroxylation is 1. The van der Waals surface area contributed by atoms with Crippen molar-refractivity contribution in [3.8, 4) is 0 Å². The van der Waals surface area contributed by atoms with Gasteiger partial charge in [0.05, 0.1) is 0 Å². The van der Waals surface area contributed by atoms with E-state index in [1.165, 1.54) is 0 Å². The lowest BCUT2D eigenvalue weighted by atomic mass is 9.90. The summed E-state index contributed by atoms with van der Waals surface area (Å²) in [5, 5.41) is 0. The zero-order valence-corrected chi connectivity index (χ0v) is 10.6. The molecule has 1 heteroatoms. The fraction of sp³-hybridized carbons (Fsp3) is 0.533. The third-order valence-corrected chi connectivity index (χ3v) is 3.07. The summed E-state index contributed by atoms with van der Waals surface area (Å²) >= 11 is 0. The van der Waals surface area contributed by atoms with E-state index < -0.39 is 0 Å². The topological polar surface area (TPSA) is 17.1 Å². The van der Waals surface area contributed by atoms with Crippen LogP contribution in [-0.4, -0.2) is 5.78 Å². The molecule has 0 aromatic heterocycles. The first-order chi connectivity index (χ1) is 7.69. The lowest BCUT2D eigenvalue weighted by molar-refractivity contribution is 0.0908. The van der Waals surface area contributed by atoms with Crippen molar-refractivity contribution >= 4 is 5.78 Å². The Morgan fingerprint density at radius 1 is 1.31 bits per heavy atom. The van der Waals surface area contributed by atoms with Crippen molar-refractivity contribution in [3.05, 3.63) is 35.4 Å². The molecular weight excluding hydrogens is 196 g/mol. The van der Waals surface area contributed by atoms with E-state index >= 15 is 0 Å². The van der Waals surface area contributed by atoms with Gasteiger partial charge in [-0.05, 0) is 25.8 Å². The number of rotatable bonds is 6. The normalized spacial score (nSPS) is 12.4. The summed E-state index contributed by atoms with van der Waals surface area (Å²) in [6, 6.07) is 7.93. The summed E-state index contributed by atoms with van der Waals surface area (Å²) in [6.45, 7) is 6.31. The average Bonchev–Trinajstić information content (AvgIpc) is 2.29. The van der Waals surface area contributed by atoms with Crippen LogP contribution >= 0.6 is 0 Å². The fourth-order valence-electron chi connectivity index (χ4n) is 2.01. The Morgan fingerprint density at radius 2 is 2.06 bits per heavy atom. The number of carbonyl (C=O) groups excluding carboxylic acids is 1. The van der Waals surface area contributed by atoms with Gasteiger partial charge in [-0.1, -0.05) is 50.5 Å². The Kier molecular flexibility index (Phi) is 5.24. The Bertz CT molecular complexity index is 341. The molecule has 0 radical (unpaired) electrons. The van der Waals surface area contributed by atoms with E-state index in [0.717, 1.165) is 36.8 Å². The summed E-state index contributed by atoms with van der Waals surface area (Å²) in [5.41, 5.74) is 2.04. The van der Waals surface area contributed by atoms with Crippen LogP contribution in [0, 0.1) is 12.8 Å². The summed E-state index contributed by atoms with van der Waals surface area (Å²) in [4.78, 5) is 12.2. The lowest BCUT2D eigenvalue weighted by Crippen LogP contribution is -2.14. The van der Waals surface area contributed by atoms with Gasteiger partial charge in [0, 0.05) is 11.5 Å². The first-order valence-electron chi connectivity index (χ1n) is 6.29. The van der Waals surface area contributed by atoms with Crippen LogP contribution in [0.5, 0.6) is 0 Å². The van der Waals surface area contributed by atoms with Crippen LogP contribution in [0.25, 0.3) is 0 Å². The van der Waals surface area contributed by atoms with E-state index in [1.54, 1.807) is 0 Å². The van der Waals surface area contributed by atoms with Gasteiger partial charge in [-0.3, -0.25) is 4.79 Å². The predicted octanol–water partition coefficient (Wildman–Crippen LogP) is 4.39. The van der Waals surface area contributed by atoms with E-state index in [2.05, 4.69) is 13.8 Å². The van der Waals surface area contributed by atoms with E-state index in [9.17, 15) is 4.79 Å². The van der Waals surface area contributed by atoms with Gasteiger partial charge in [0.2, 0.25) is 0 Å². The largest absolute Gasteiger partial charge is 0.294 e. The smallest absolute Gasteiger partial charge is 0.165 e. The zero-order chi connectivity index (χ0) is 12.0. The quantitative estimate of drug-likeness (QED) is 0.647. The minimum absolute atomic E-state index is 0.210. The first-order valence-corrected chi connectivity index (χ1v) is 6.29. The van der Waals surface area contributed by atoms with Crippen molar-refractivity contribution in [3.63, 3.8) is 0 Å². The molecular formula is C15H22O. The number of hydrogen-bond acceptors (Lipinski definition) is 1. The molecule has 0 saturated carbocycles. The molecule has 1 aromatic carbocycles. The van der Waals surface area contributed by atoms with Gasteiger partial charge in [-0.25, -0.2) is 0 Å². The van der Waals surface area contributed by atoms with E-state index in [-0.39, 0.29) is 5.92 Å². The second-order valence-corrected chi connectivity index (χ2v) is 4.48. The number of carbonyl (C=O) groups is 1. The van der Waals surface area contributed by atoms with Gasteiger partial charge >= 0.3 is 0 Å². The minimum atomic E-state index is 0.210. The number of Topliss-reactive ketones (excluding diaryl/α,β-unsaturated/α-hetero) is 1. The number of unbranched alkanes of at least 4 members (excludes halogenated alkanes) is 1. The molecule has 0 heterocycles. The maximum Gasteiger partial charge on any atom is 0.165 e. The van der Waals surface area contributed by atoms with Crippen molar-refractivity contribution in [2.45, 2.75) is 46.5 Å². The standard InChI is InChI=1S/C15H22O/c1-4-6-9-13(5-2)15(16)14-10-7-8-12(3)11-14/h7-8,10-11,13H,4-6,9H2,1-3H3. The van der Waals surface area contributed by atoms with Gasteiger partial charge in [0.25, 0.3) is 0 Å². The van der Waals surface area contributed by atoms with Crippen LogP contribution in [-0.2, 0) is 0 Å². The molecule has 0 amide bonds. The molecule has 0 N–H and O–H groups in total. The summed E-state index contributed by atoms with van der Waals surface area (Å²) in [7, 11) is 0. The molecule has 0 aliphatic heterocycles. The Hall–Kier alpha value is -1.11. The molecule has 1 nitrogen and oxygen atoms in total. The summed E-state index contributed by atoms with van der Waals surface area (Å²) < 4.78 is 0. The molecule has 1 aromatic rings. The molecule has 0 bridgehead atoms. The van der Waals surface area contributed by atoms with Crippen molar-refractivity contribution in [2.75, 3.05) is 0 Å². The number of ketones is 1. The Labute approximate surface area is 98.9 Å². The van der Waals surface area contributed by atoms with Crippen LogP contribution in [0.15, 0.2) is 24.3 Å². The highest BCUT2D eigenvalue weighted by Gasteiger charge is 2.17. The number of benzene rings is 1. The van der Waals surface area contributed by atoms with Gasteiger partial charge in [-0.15, -0.1) is 0 Å². The van der Waals surface area contributed by atoms with Gasteiger partial charge in [0.15, 0.2) is 5.78 Å². The van der Waals surface area contributed by atoms with Crippen molar-refractivity contribution in [2.24, 2.45) is 5.92 Å². The molecule has 88 valence electrons. The predicted molar refractivity (Wildman–Crippen MR) is 68.8 cm³/mol. The first kappa shape index (κ1) is 13.0. The summed E-state index contributed by atoms with van der Waals surface area (Å²) in [5.74, 6) is 0.529. The highest BCUT2D eigenvalue weighted by atomic mass is 16.1. The second kappa shape index (κ2) is 6.47. The maximum atomic E-state index is 12.2. The van der Waals surface area contributed by atoms with Crippen molar-refractivity contribution in [1.82, 2.24) is 0 Å². The molecule has 0 spiro atoms. The number of hydrogen-bond donors (Lipinski definition) is 0. The van der Waals surface area contributed by atoms with Gasteiger partial charge in [-0.2, -0.15) is 0 Å². The molecule has 0 aliphatic rings. The molecule has 16 heavy (non-hydrogen) atoms. The van der Waals surface area contributed by atoms with E-state index in [0.29, 0.717) is 5.78 Å². The second-order valence-electron chi connectivity index (χ2n) is 4.48. The Morgan fingerprint density at radius 3 is 2.62 bits per heavy atom. The van der Waals surface area contributed by atoms with Crippen LogP contribution in [0.3, 0.4) is 0 Å². The third-order valence-electron chi connectivity index (χ3n) is 3.07. The third kappa shape index (κ3) is 3.48. The maximum absolute atomic E-state index is 12.2. The average molecular weight is 218 g/mol. The van der Waals surface area contributed by atoms with Gasteiger partial charge in [0.1, 0.15) is 0 Å². The lowest BCUT2D eigenvalue weighted by Gasteiger charge is -2.13. The van der Waals surface area contributed by atoms with Gasteiger partial charge < -0.3 is 0 Å². The SMILES string of the molecule is CCCCC(CC)C(=O)c1cccc(C)c1. The van der Waals surface area contributed by atoms with E-state index in [4.69, 9.17) is 0 Å². The molecule has 1 rings (SSSR count). The molecule has 1 unspecified atom stereocenters. The highest BCUT2D eigenvalue weighted by Crippen LogP contribution is 2.19. The van der Waals surface area contributed by atoms with Crippen LogP contribution in [0.4, 0.5) is 0 Å². The highest BCUT2D eigenvalue weighted by molar-refractivity contribution is 5.97. The monoisotopic (exact) mass is 218 g/mol. The Balaban J connectivity index is 2.74. The zero-order valence-electron chi connectivity index (χ0n) is 10.6. The van der Waals surface area contributed by atoms with Crippen LogP contribution < -0.4 is 0 Å². The minimum Gasteiger partial charge on any atom is -0.294 e. The molecule has 0 saturated heterocycles. The van der Waals surface area contributed by atoms with Crippen molar-refractivity contribution in [1.29, 1.82) is 0 Å². The fourth-order valence-corrected chi connectivity index (χ4v) is 2.01. The van der Waals surface area contributed by atoms with Crippen LogP contribution in [0.1, 0.15) is 55.5 Å².